The van der Waals surface area contributed by atoms with E-state index in [2.05, 4.69) is 10.3 Å². The van der Waals surface area contributed by atoms with Crippen molar-refractivity contribution in [2.45, 2.75) is 6.54 Å². The van der Waals surface area contributed by atoms with Gasteiger partial charge in [-0.3, -0.25) is 4.79 Å². The fourth-order valence-electron chi connectivity index (χ4n) is 1.94. The Labute approximate surface area is 137 Å². The Morgan fingerprint density at radius 3 is 2.61 bits per heavy atom. The molecule has 2 N–H and O–H groups in total. The number of para-hydroxylation sites is 1. The van der Waals surface area contributed by atoms with E-state index in [0.29, 0.717) is 23.1 Å². The Bertz CT molecular complexity index is 785. The number of aromatic nitrogens is 1. The highest BCUT2D eigenvalue weighted by molar-refractivity contribution is 7.12. The fourth-order valence-corrected chi connectivity index (χ4v) is 2.56. The SMILES string of the molecule is O=C(NCc1ccc(O)cc1)c1scnc1Oc1ccccc1. The van der Waals surface area contributed by atoms with Gasteiger partial charge in [0.05, 0.1) is 5.51 Å². The summed E-state index contributed by atoms with van der Waals surface area (Å²) >= 11 is 1.23. The molecule has 3 rings (SSSR count). The monoisotopic (exact) mass is 326 g/mol. The smallest absolute Gasteiger partial charge is 0.267 e. The molecule has 0 unspecified atom stereocenters. The lowest BCUT2D eigenvalue weighted by Gasteiger charge is -2.07. The first-order chi connectivity index (χ1) is 11.2. The zero-order chi connectivity index (χ0) is 16.1. The summed E-state index contributed by atoms with van der Waals surface area (Å²) < 4.78 is 5.64. The van der Waals surface area contributed by atoms with Gasteiger partial charge in [-0.15, -0.1) is 11.3 Å². The average molecular weight is 326 g/mol. The molecule has 116 valence electrons. The van der Waals surface area contributed by atoms with Gasteiger partial charge in [-0.05, 0) is 29.8 Å². The summed E-state index contributed by atoms with van der Waals surface area (Å²) in [7, 11) is 0. The Morgan fingerprint density at radius 1 is 1.13 bits per heavy atom. The molecule has 0 saturated heterocycles. The fraction of sp³-hybridized carbons (Fsp3) is 0.0588. The molecule has 1 amide bonds. The van der Waals surface area contributed by atoms with Crippen molar-refractivity contribution in [1.29, 1.82) is 0 Å². The molecular formula is C17H14N2O3S. The second kappa shape index (κ2) is 6.93. The van der Waals surface area contributed by atoms with Gasteiger partial charge >= 0.3 is 0 Å². The number of phenols is 1. The van der Waals surface area contributed by atoms with Gasteiger partial charge in [0.25, 0.3) is 5.91 Å². The zero-order valence-corrected chi connectivity index (χ0v) is 12.9. The minimum absolute atomic E-state index is 0.195. The van der Waals surface area contributed by atoms with Crippen molar-refractivity contribution >= 4 is 17.2 Å². The Morgan fingerprint density at radius 2 is 1.87 bits per heavy atom. The van der Waals surface area contributed by atoms with Crippen LogP contribution in [0.15, 0.2) is 60.1 Å². The number of hydrogen-bond donors (Lipinski definition) is 2. The first-order valence-electron chi connectivity index (χ1n) is 6.95. The largest absolute Gasteiger partial charge is 0.508 e. The van der Waals surface area contributed by atoms with E-state index in [9.17, 15) is 9.90 Å². The predicted molar refractivity (Wildman–Crippen MR) is 87.9 cm³/mol. The number of rotatable bonds is 5. The highest BCUT2D eigenvalue weighted by Gasteiger charge is 2.16. The van der Waals surface area contributed by atoms with E-state index in [-0.39, 0.29) is 11.7 Å². The summed E-state index contributed by atoms with van der Waals surface area (Å²) in [6, 6.07) is 15.9. The molecule has 3 aromatic rings. The van der Waals surface area contributed by atoms with Crippen LogP contribution in [-0.2, 0) is 6.54 Å². The van der Waals surface area contributed by atoms with Crippen LogP contribution >= 0.6 is 11.3 Å². The molecule has 6 heteroatoms. The number of benzene rings is 2. The third-order valence-corrected chi connectivity index (χ3v) is 3.89. The topological polar surface area (TPSA) is 71.5 Å². The molecule has 0 saturated carbocycles. The van der Waals surface area contributed by atoms with Crippen LogP contribution in [0.1, 0.15) is 15.2 Å². The molecule has 2 aromatic carbocycles. The maximum absolute atomic E-state index is 12.3. The molecule has 0 spiro atoms. The maximum atomic E-state index is 12.3. The maximum Gasteiger partial charge on any atom is 0.267 e. The van der Waals surface area contributed by atoms with Crippen LogP contribution in [0, 0.1) is 0 Å². The van der Waals surface area contributed by atoms with Crippen molar-refractivity contribution in [2.75, 3.05) is 0 Å². The van der Waals surface area contributed by atoms with Crippen molar-refractivity contribution in [2.24, 2.45) is 0 Å². The first-order valence-corrected chi connectivity index (χ1v) is 7.83. The van der Waals surface area contributed by atoms with E-state index in [1.807, 2.05) is 18.2 Å². The Kier molecular flexibility index (Phi) is 4.54. The minimum Gasteiger partial charge on any atom is -0.508 e. The molecule has 0 aliphatic heterocycles. The number of carbonyl (C=O) groups is 1. The number of amides is 1. The number of nitrogens with zero attached hydrogens (tertiary/aromatic N) is 1. The summed E-state index contributed by atoms with van der Waals surface area (Å²) in [5.41, 5.74) is 2.47. The quantitative estimate of drug-likeness (QED) is 0.752. The average Bonchev–Trinajstić information content (AvgIpc) is 3.03. The van der Waals surface area contributed by atoms with E-state index in [0.717, 1.165) is 5.56 Å². The molecule has 1 heterocycles. The van der Waals surface area contributed by atoms with Crippen molar-refractivity contribution < 1.29 is 14.6 Å². The molecular weight excluding hydrogens is 312 g/mol. The third kappa shape index (κ3) is 3.87. The van der Waals surface area contributed by atoms with E-state index in [1.165, 1.54) is 11.3 Å². The van der Waals surface area contributed by atoms with E-state index < -0.39 is 0 Å². The lowest BCUT2D eigenvalue weighted by Crippen LogP contribution is -2.22. The van der Waals surface area contributed by atoms with Gasteiger partial charge in [-0.25, -0.2) is 4.98 Å². The number of phenolic OH excluding ortho intramolecular Hbond substituents is 1. The number of carbonyl (C=O) groups excluding carboxylic acids is 1. The van der Waals surface area contributed by atoms with Gasteiger partial charge in [0.1, 0.15) is 11.5 Å². The van der Waals surface area contributed by atoms with Crippen LogP contribution in [0.2, 0.25) is 0 Å². The first kappa shape index (κ1) is 15.1. The highest BCUT2D eigenvalue weighted by atomic mass is 32.1. The van der Waals surface area contributed by atoms with Crippen LogP contribution < -0.4 is 10.1 Å². The van der Waals surface area contributed by atoms with E-state index in [4.69, 9.17) is 4.74 Å². The number of aromatic hydroxyl groups is 1. The van der Waals surface area contributed by atoms with Gasteiger partial charge in [0.15, 0.2) is 4.88 Å². The van der Waals surface area contributed by atoms with Gasteiger partial charge < -0.3 is 15.2 Å². The molecule has 0 aliphatic rings. The van der Waals surface area contributed by atoms with Crippen molar-refractivity contribution in [1.82, 2.24) is 10.3 Å². The van der Waals surface area contributed by atoms with Crippen LogP contribution in [0.5, 0.6) is 17.4 Å². The minimum atomic E-state index is -0.244. The number of ether oxygens (including phenoxy) is 1. The van der Waals surface area contributed by atoms with Gasteiger partial charge in [-0.1, -0.05) is 30.3 Å². The van der Waals surface area contributed by atoms with Gasteiger partial charge in [-0.2, -0.15) is 0 Å². The van der Waals surface area contributed by atoms with Crippen LogP contribution in [0.4, 0.5) is 0 Å². The molecule has 5 nitrogen and oxygen atoms in total. The molecule has 0 atom stereocenters. The Hall–Kier alpha value is -2.86. The highest BCUT2D eigenvalue weighted by Crippen LogP contribution is 2.26. The lowest BCUT2D eigenvalue weighted by atomic mass is 10.2. The summed E-state index contributed by atoms with van der Waals surface area (Å²) in [6.45, 7) is 0.363. The normalized spacial score (nSPS) is 10.3. The van der Waals surface area contributed by atoms with Gasteiger partial charge in [0.2, 0.25) is 5.88 Å². The summed E-state index contributed by atoms with van der Waals surface area (Å²) in [4.78, 5) is 16.8. The third-order valence-electron chi connectivity index (χ3n) is 3.09. The molecule has 0 bridgehead atoms. The second-order valence-electron chi connectivity index (χ2n) is 4.75. The summed E-state index contributed by atoms with van der Waals surface area (Å²) in [5, 5.41) is 12.1. The Balaban J connectivity index is 1.66. The molecule has 1 aromatic heterocycles. The number of nitrogens with one attached hydrogen (secondary N) is 1. The van der Waals surface area contributed by atoms with E-state index >= 15 is 0 Å². The van der Waals surface area contributed by atoms with Gasteiger partial charge in [0, 0.05) is 6.54 Å². The molecule has 0 radical (unpaired) electrons. The van der Waals surface area contributed by atoms with Crippen LogP contribution in [0.25, 0.3) is 0 Å². The van der Waals surface area contributed by atoms with Crippen LogP contribution in [-0.4, -0.2) is 16.0 Å². The lowest BCUT2D eigenvalue weighted by molar-refractivity contribution is 0.0952. The zero-order valence-electron chi connectivity index (χ0n) is 12.1. The van der Waals surface area contributed by atoms with Crippen molar-refractivity contribution in [3.63, 3.8) is 0 Å². The van der Waals surface area contributed by atoms with Crippen molar-refractivity contribution in [3.8, 4) is 17.4 Å². The predicted octanol–water partition coefficient (Wildman–Crippen LogP) is 3.57. The standard InChI is InChI=1S/C17H14N2O3S/c20-13-8-6-12(7-9-13)10-18-16(21)15-17(19-11-23-15)22-14-4-2-1-3-5-14/h1-9,11,20H,10H2,(H,18,21). The molecule has 0 fully saturated rings. The van der Waals surface area contributed by atoms with E-state index in [1.54, 1.807) is 41.9 Å². The van der Waals surface area contributed by atoms with Crippen molar-refractivity contribution in [3.05, 3.63) is 70.5 Å². The number of thiazole rings is 1. The second-order valence-corrected chi connectivity index (χ2v) is 5.61. The molecule has 23 heavy (non-hydrogen) atoms. The summed E-state index contributed by atoms with van der Waals surface area (Å²) in [6.07, 6.45) is 0. The van der Waals surface area contributed by atoms with Crippen LogP contribution in [0.3, 0.4) is 0 Å². The summed E-state index contributed by atoms with van der Waals surface area (Å²) in [5.74, 6) is 0.878. The molecule has 0 aliphatic carbocycles. The number of hydrogen-bond acceptors (Lipinski definition) is 5.